The van der Waals surface area contributed by atoms with E-state index in [1.54, 1.807) is 10.9 Å². The van der Waals surface area contributed by atoms with Gasteiger partial charge in [0.15, 0.2) is 0 Å². The molecule has 7 nitrogen and oxygen atoms in total. The van der Waals surface area contributed by atoms with Gasteiger partial charge >= 0.3 is 5.97 Å². The highest BCUT2D eigenvalue weighted by molar-refractivity contribution is 5.86. The predicted octanol–water partition coefficient (Wildman–Crippen LogP) is 1.03. The quantitative estimate of drug-likeness (QED) is 0.756. The molecule has 1 fully saturated rings. The monoisotopic (exact) mass is 356 g/mol. The molecule has 0 radical (unpaired) electrons. The summed E-state index contributed by atoms with van der Waals surface area (Å²) >= 11 is 0. The summed E-state index contributed by atoms with van der Waals surface area (Å²) in [6.45, 7) is 1.67. The van der Waals surface area contributed by atoms with Crippen molar-refractivity contribution in [3.63, 3.8) is 0 Å². The zero-order valence-corrected chi connectivity index (χ0v) is 14.9. The smallest absolute Gasteiger partial charge is 0.314 e. The first-order valence-corrected chi connectivity index (χ1v) is 8.79. The zero-order chi connectivity index (χ0) is 18.4. The summed E-state index contributed by atoms with van der Waals surface area (Å²) in [6, 6.07) is 11.2. The molecule has 0 bridgehead atoms. The molecule has 1 aliphatic heterocycles. The molecule has 1 amide bonds. The summed E-state index contributed by atoms with van der Waals surface area (Å²) in [5.41, 5.74) is 0.0876. The molecule has 1 atom stereocenters. The second kappa shape index (κ2) is 8.14. The third kappa shape index (κ3) is 3.62. The number of carbonyl (C=O) groups excluding carboxylic acids is 2. The van der Waals surface area contributed by atoms with Crippen LogP contribution < -0.4 is 10.6 Å². The van der Waals surface area contributed by atoms with Crippen LogP contribution in [-0.2, 0) is 19.9 Å². The van der Waals surface area contributed by atoms with E-state index in [-0.39, 0.29) is 18.4 Å². The lowest BCUT2D eigenvalue weighted by Crippen LogP contribution is -2.55. The van der Waals surface area contributed by atoms with Gasteiger partial charge < -0.3 is 15.4 Å². The number of amides is 1. The van der Waals surface area contributed by atoms with Crippen LogP contribution in [0, 0.1) is 0 Å². The van der Waals surface area contributed by atoms with Gasteiger partial charge in [-0.2, -0.15) is 5.10 Å². The first kappa shape index (κ1) is 18.1. The number of methoxy groups -OCH3 is 1. The van der Waals surface area contributed by atoms with Gasteiger partial charge in [-0.05, 0) is 37.6 Å². The van der Waals surface area contributed by atoms with E-state index in [1.165, 1.54) is 7.11 Å². The van der Waals surface area contributed by atoms with Gasteiger partial charge in [-0.1, -0.05) is 30.3 Å². The van der Waals surface area contributed by atoms with Gasteiger partial charge in [-0.3, -0.25) is 14.3 Å². The minimum atomic E-state index is -0.730. The SMILES string of the molecule is COC(=O)C(CNC(=O)C1(n2cccn2)CCNCC1)c1ccccc1. The fourth-order valence-corrected chi connectivity index (χ4v) is 3.45. The molecular formula is C19H24N4O3. The Morgan fingerprint density at radius 2 is 2.00 bits per heavy atom. The van der Waals surface area contributed by atoms with Crippen molar-refractivity contribution >= 4 is 11.9 Å². The molecular weight excluding hydrogens is 332 g/mol. The van der Waals surface area contributed by atoms with Crippen molar-refractivity contribution in [1.82, 2.24) is 20.4 Å². The summed E-state index contributed by atoms with van der Waals surface area (Å²) in [6.07, 6.45) is 4.79. The van der Waals surface area contributed by atoms with Crippen LogP contribution in [0.5, 0.6) is 0 Å². The molecule has 0 aliphatic carbocycles. The Morgan fingerprint density at radius 3 is 2.62 bits per heavy atom. The number of carbonyl (C=O) groups is 2. The molecule has 2 N–H and O–H groups in total. The second-order valence-corrected chi connectivity index (χ2v) is 6.43. The van der Waals surface area contributed by atoms with Crippen molar-refractivity contribution < 1.29 is 14.3 Å². The number of aromatic nitrogens is 2. The van der Waals surface area contributed by atoms with E-state index in [2.05, 4.69) is 15.7 Å². The summed E-state index contributed by atoms with van der Waals surface area (Å²) < 4.78 is 6.66. The Bertz CT molecular complexity index is 725. The van der Waals surface area contributed by atoms with Crippen molar-refractivity contribution in [3.05, 3.63) is 54.4 Å². The van der Waals surface area contributed by atoms with Crippen LogP contribution in [0.3, 0.4) is 0 Å². The maximum atomic E-state index is 13.1. The Kier molecular flexibility index (Phi) is 5.68. The number of benzene rings is 1. The lowest BCUT2D eigenvalue weighted by molar-refractivity contribution is -0.142. The maximum Gasteiger partial charge on any atom is 0.314 e. The number of nitrogens with zero attached hydrogens (tertiary/aromatic N) is 2. The summed E-state index contributed by atoms with van der Waals surface area (Å²) in [5.74, 6) is -1.02. The third-order valence-electron chi connectivity index (χ3n) is 4.95. The van der Waals surface area contributed by atoms with E-state index in [0.29, 0.717) is 12.8 Å². The highest BCUT2D eigenvalue weighted by atomic mass is 16.5. The Morgan fingerprint density at radius 1 is 1.27 bits per heavy atom. The van der Waals surface area contributed by atoms with Gasteiger partial charge in [0.2, 0.25) is 5.91 Å². The van der Waals surface area contributed by atoms with Gasteiger partial charge in [0, 0.05) is 18.9 Å². The highest BCUT2D eigenvalue weighted by Crippen LogP contribution is 2.27. The topological polar surface area (TPSA) is 85.2 Å². The minimum absolute atomic E-state index is 0.118. The fraction of sp³-hybridized carbons (Fsp3) is 0.421. The second-order valence-electron chi connectivity index (χ2n) is 6.43. The first-order chi connectivity index (χ1) is 12.7. The van der Waals surface area contributed by atoms with Crippen molar-refractivity contribution in [2.45, 2.75) is 24.3 Å². The number of esters is 1. The summed E-state index contributed by atoms with van der Waals surface area (Å²) in [7, 11) is 1.36. The van der Waals surface area contributed by atoms with Crippen LogP contribution >= 0.6 is 0 Å². The molecule has 0 saturated carbocycles. The van der Waals surface area contributed by atoms with Crippen LogP contribution in [0.15, 0.2) is 48.8 Å². The normalized spacial score (nSPS) is 17.3. The third-order valence-corrected chi connectivity index (χ3v) is 4.95. The van der Waals surface area contributed by atoms with Gasteiger partial charge in [0.05, 0.1) is 13.0 Å². The van der Waals surface area contributed by atoms with E-state index in [4.69, 9.17) is 4.74 Å². The van der Waals surface area contributed by atoms with E-state index in [0.717, 1.165) is 18.7 Å². The van der Waals surface area contributed by atoms with E-state index >= 15 is 0 Å². The van der Waals surface area contributed by atoms with Gasteiger partial charge in [-0.25, -0.2) is 0 Å². The van der Waals surface area contributed by atoms with Crippen LogP contribution in [0.4, 0.5) is 0 Å². The molecule has 3 rings (SSSR count). The largest absolute Gasteiger partial charge is 0.468 e. The Hall–Kier alpha value is -2.67. The average molecular weight is 356 g/mol. The molecule has 1 aliphatic rings. The molecule has 2 heterocycles. The standard InChI is InChI=1S/C19H24N4O3/c1-26-17(24)16(15-6-3-2-4-7-15)14-21-18(25)19(8-11-20-12-9-19)23-13-5-10-22-23/h2-7,10,13,16,20H,8-9,11-12,14H2,1H3,(H,21,25). The predicted molar refractivity (Wildman–Crippen MR) is 96.5 cm³/mol. The van der Waals surface area contributed by atoms with E-state index in [1.807, 2.05) is 42.6 Å². The minimum Gasteiger partial charge on any atom is -0.468 e. The lowest BCUT2D eigenvalue weighted by atomic mass is 9.87. The molecule has 0 spiro atoms. The van der Waals surface area contributed by atoms with Gasteiger partial charge in [-0.15, -0.1) is 0 Å². The Balaban J connectivity index is 1.77. The molecule has 1 aromatic heterocycles. The number of ether oxygens (including phenoxy) is 1. The maximum absolute atomic E-state index is 13.1. The number of nitrogens with one attached hydrogen (secondary N) is 2. The Labute approximate surface area is 152 Å². The number of hydrogen-bond acceptors (Lipinski definition) is 5. The molecule has 1 saturated heterocycles. The van der Waals surface area contributed by atoms with Crippen LogP contribution in [-0.4, -0.2) is 48.4 Å². The zero-order valence-electron chi connectivity index (χ0n) is 14.9. The van der Waals surface area contributed by atoms with Crippen LogP contribution in [0.1, 0.15) is 24.3 Å². The van der Waals surface area contributed by atoms with E-state index < -0.39 is 11.5 Å². The van der Waals surface area contributed by atoms with Crippen molar-refractivity contribution in [1.29, 1.82) is 0 Å². The molecule has 26 heavy (non-hydrogen) atoms. The van der Waals surface area contributed by atoms with E-state index in [9.17, 15) is 9.59 Å². The summed E-state index contributed by atoms with van der Waals surface area (Å²) in [5, 5.41) is 10.6. The van der Waals surface area contributed by atoms with Crippen LogP contribution in [0.2, 0.25) is 0 Å². The average Bonchev–Trinajstić information content (AvgIpc) is 3.24. The molecule has 1 aromatic carbocycles. The number of rotatable bonds is 6. The summed E-state index contributed by atoms with van der Waals surface area (Å²) in [4.78, 5) is 25.3. The van der Waals surface area contributed by atoms with Crippen LogP contribution in [0.25, 0.3) is 0 Å². The first-order valence-electron chi connectivity index (χ1n) is 8.79. The molecule has 1 unspecified atom stereocenters. The molecule has 7 heteroatoms. The molecule has 138 valence electrons. The highest BCUT2D eigenvalue weighted by Gasteiger charge is 2.42. The van der Waals surface area contributed by atoms with Crippen molar-refractivity contribution in [2.24, 2.45) is 0 Å². The van der Waals surface area contributed by atoms with Crippen molar-refractivity contribution in [3.8, 4) is 0 Å². The van der Waals surface area contributed by atoms with Crippen molar-refractivity contribution in [2.75, 3.05) is 26.7 Å². The number of hydrogen-bond donors (Lipinski definition) is 2. The van der Waals surface area contributed by atoms with Gasteiger partial charge in [0.1, 0.15) is 5.54 Å². The lowest BCUT2D eigenvalue weighted by Gasteiger charge is -2.36. The van der Waals surface area contributed by atoms with Gasteiger partial charge in [0.25, 0.3) is 0 Å². The number of piperidine rings is 1. The fourth-order valence-electron chi connectivity index (χ4n) is 3.45. The molecule has 2 aromatic rings.